The molecule has 1 unspecified atom stereocenters. The van der Waals surface area contributed by atoms with Crippen molar-refractivity contribution in [2.45, 2.75) is 26.8 Å². The van der Waals surface area contributed by atoms with E-state index in [0.29, 0.717) is 0 Å². The summed E-state index contributed by atoms with van der Waals surface area (Å²) in [4.78, 5) is 17.3. The second kappa shape index (κ2) is 6.72. The van der Waals surface area contributed by atoms with Crippen LogP contribution in [0.1, 0.15) is 24.2 Å². The van der Waals surface area contributed by atoms with E-state index in [4.69, 9.17) is 0 Å². The van der Waals surface area contributed by atoms with E-state index in [9.17, 15) is 4.79 Å². The minimum absolute atomic E-state index is 0.107. The van der Waals surface area contributed by atoms with Crippen LogP contribution in [0.4, 0.5) is 5.69 Å². The molecule has 4 rings (SSSR count). The van der Waals surface area contributed by atoms with Gasteiger partial charge < -0.3 is 9.72 Å². The molecule has 0 aliphatic heterocycles. The highest BCUT2D eigenvalue weighted by atomic mass is 16.2. The van der Waals surface area contributed by atoms with Crippen molar-refractivity contribution >= 4 is 17.2 Å². The van der Waals surface area contributed by atoms with Crippen molar-refractivity contribution in [2.75, 3.05) is 5.32 Å². The van der Waals surface area contributed by atoms with Gasteiger partial charge in [-0.05, 0) is 56.7 Å². The first kappa shape index (κ1) is 17.0. The molecule has 0 saturated heterocycles. The van der Waals surface area contributed by atoms with Gasteiger partial charge in [0, 0.05) is 35.5 Å². The number of hydrogen-bond donors (Lipinski definition) is 1. The number of nitrogens with zero attached hydrogens (tertiary/aromatic N) is 4. The Hall–Kier alpha value is -3.41. The number of pyridine rings is 1. The average molecular weight is 359 g/mol. The first-order valence-corrected chi connectivity index (χ1v) is 8.88. The summed E-state index contributed by atoms with van der Waals surface area (Å²) in [6.45, 7) is 5.82. The highest BCUT2D eigenvalue weighted by Gasteiger charge is 2.17. The monoisotopic (exact) mass is 359 g/mol. The van der Waals surface area contributed by atoms with Crippen LogP contribution in [0, 0.1) is 13.8 Å². The molecule has 3 heterocycles. The van der Waals surface area contributed by atoms with Crippen molar-refractivity contribution in [3.63, 3.8) is 0 Å². The van der Waals surface area contributed by atoms with E-state index >= 15 is 0 Å². The topological polar surface area (TPSA) is 64.2 Å². The third kappa shape index (κ3) is 3.33. The number of aryl methyl sites for hydroxylation is 2. The number of amides is 1. The van der Waals surface area contributed by atoms with Crippen LogP contribution in [-0.2, 0) is 4.79 Å². The molecule has 0 aliphatic rings. The average Bonchev–Trinajstić information content (AvgIpc) is 3.27. The van der Waals surface area contributed by atoms with Crippen LogP contribution in [0.5, 0.6) is 0 Å². The molecule has 3 aromatic heterocycles. The fraction of sp³-hybridized carbons (Fsp3) is 0.190. The van der Waals surface area contributed by atoms with Crippen LogP contribution in [-0.4, -0.2) is 25.1 Å². The molecule has 6 nitrogen and oxygen atoms in total. The Bertz CT molecular complexity index is 1120. The Kier molecular flexibility index (Phi) is 4.24. The third-order valence-electron chi connectivity index (χ3n) is 4.66. The van der Waals surface area contributed by atoms with Crippen molar-refractivity contribution in [1.29, 1.82) is 0 Å². The minimum Gasteiger partial charge on any atom is -0.324 e. The molecule has 0 aliphatic carbocycles. The van der Waals surface area contributed by atoms with Crippen LogP contribution < -0.4 is 5.32 Å². The van der Waals surface area contributed by atoms with Gasteiger partial charge in [0.2, 0.25) is 5.91 Å². The number of carbonyl (C=O) groups excluding carboxylic acids is 1. The Balaban J connectivity index is 1.58. The molecule has 136 valence electrons. The zero-order valence-electron chi connectivity index (χ0n) is 15.5. The molecule has 4 aromatic rings. The molecule has 1 atom stereocenters. The van der Waals surface area contributed by atoms with E-state index in [2.05, 4.69) is 15.4 Å². The summed E-state index contributed by atoms with van der Waals surface area (Å²) in [5, 5.41) is 7.19. The van der Waals surface area contributed by atoms with Gasteiger partial charge in [0.25, 0.3) is 0 Å². The van der Waals surface area contributed by atoms with Crippen LogP contribution in [0.2, 0.25) is 0 Å². The van der Waals surface area contributed by atoms with Crippen molar-refractivity contribution in [2.24, 2.45) is 0 Å². The number of nitrogens with one attached hydrogen (secondary N) is 1. The molecule has 1 aromatic carbocycles. The number of anilines is 1. The maximum atomic E-state index is 12.6. The van der Waals surface area contributed by atoms with Crippen LogP contribution in [0.3, 0.4) is 0 Å². The lowest BCUT2D eigenvalue weighted by Crippen LogP contribution is -2.25. The molecule has 0 bridgehead atoms. The highest BCUT2D eigenvalue weighted by Crippen LogP contribution is 2.23. The lowest BCUT2D eigenvalue weighted by Gasteiger charge is -2.14. The molecule has 0 saturated carbocycles. The molecule has 0 fully saturated rings. The number of benzene rings is 1. The normalized spacial score (nSPS) is 12.3. The number of carbonyl (C=O) groups is 1. The van der Waals surface area contributed by atoms with Gasteiger partial charge in [-0.15, -0.1) is 0 Å². The predicted molar refractivity (Wildman–Crippen MR) is 106 cm³/mol. The smallest absolute Gasteiger partial charge is 0.248 e. The second-order valence-electron chi connectivity index (χ2n) is 6.76. The van der Waals surface area contributed by atoms with Gasteiger partial charge in [0.15, 0.2) is 0 Å². The number of imidazole rings is 1. The zero-order chi connectivity index (χ0) is 19.0. The van der Waals surface area contributed by atoms with E-state index in [-0.39, 0.29) is 11.9 Å². The summed E-state index contributed by atoms with van der Waals surface area (Å²) in [7, 11) is 0. The first-order valence-electron chi connectivity index (χ1n) is 8.88. The minimum atomic E-state index is -0.387. The number of rotatable bonds is 4. The van der Waals surface area contributed by atoms with E-state index < -0.39 is 0 Å². The lowest BCUT2D eigenvalue weighted by molar-refractivity contribution is -0.119. The van der Waals surface area contributed by atoms with Gasteiger partial charge in [-0.25, -0.2) is 4.98 Å². The number of aromatic nitrogens is 4. The third-order valence-corrected chi connectivity index (χ3v) is 4.66. The summed E-state index contributed by atoms with van der Waals surface area (Å²) in [6, 6.07) is 13.3. The SMILES string of the molecule is Cc1ccn2cc(-c3cccc(NC(=O)C(C)n4nccc4C)c3)nc2c1. The van der Waals surface area contributed by atoms with Crippen molar-refractivity contribution < 1.29 is 4.79 Å². The summed E-state index contributed by atoms with van der Waals surface area (Å²) < 4.78 is 3.71. The van der Waals surface area contributed by atoms with Gasteiger partial charge in [-0.2, -0.15) is 5.10 Å². The molecular formula is C21H21N5O. The Labute approximate surface area is 157 Å². The van der Waals surface area contributed by atoms with E-state index in [1.54, 1.807) is 10.9 Å². The van der Waals surface area contributed by atoms with Gasteiger partial charge >= 0.3 is 0 Å². The largest absolute Gasteiger partial charge is 0.324 e. The van der Waals surface area contributed by atoms with Crippen molar-refractivity contribution in [1.82, 2.24) is 19.2 Å². The number of hydrogen-bond acceptors (Lipinski definition) is 3. The van der Waals surface area contributed by atoms with Gasteiger partial charge in [-0.1, -0.05) is 12.1 Å². The summed E-state index contributed by atoms with van der Waals surface area (Å²) >= 11 is 0. The van der Waals surface area contributed by atoms with E-state index in [0.717, 1.165) is 28.3 Å². The predicted octanol–water partition coefficient (Wildman–Crippen LogP) is 4.01. The van der Waals surface area contributed by atoms with E-state index in [1.165, 1.54) is 5.56 Å². The van der Waals surface area contributed by atoms with Crippen LogP contribution in [0.25, 0.3) is 16.9 Å². The van der Waals surface area contributed by atoms with Crippen molar-refractivity contribution in [3.05, 3.63) is 72.3 Å². The Morgan fingerprint density at radius 2 is 2.00 bits per heavy atom. The molecular weight excluding hydrogens is 338 g/mol. The Morgan fingerprint density at radius 1 is 1.15 bits per heavy atom. The number of fused-ring (bicyclic) bond motifs is 1. The quantitative estimate of drug-likeness (QED) is 0.599. The molecule has 1 amide bonds. The van der Waals surface area contributed by atoms with Gasteiger partial charge in [0.05, 0.1) is 5.69 Å². The zero-order valence-corrected chi connectivity index (χ0v) is 15.5. The Morgan fingerprint density at radius 3 is 2.78 bits per heavy atom. The summed E-state index contributed by atoms with van der Waals surface area (Å²) in [5.41, 5.74) is 5.59. The maximum Gasteiger partial charge on any atom is 0.248 e. The molecule has 27 heavy (non-hydrogen) atoms. The summed E-state index contributed by atoms with van der Waals surface area (Å²) in [5.74, 6) is -0.107. The first-order chi connectivity index (χ1) is 13.0. The second-order valence-corrected chi connectivity index (χ2v) is 6.76. The fourth-order valence-corrected chi connectivity index (χ4v) is 3.12. The lowest BCUT2D eigenvalue weighted by atomic mass is 10.1. The van der Waals surface area contributed by atoms with Crippen LogP contribution >= 0.6 is 0 Å². The maximum absolute atomic E-state index is 12.6. The standard InChI is InChI=1S/C21H21N5O/c1-14-8-10-25-13-19(24-20(25)11-14)17-5-4-6-18(12-17)23-21(27)16(3)26-15(2)7-9-22-26/h4-13,16H,1-3H3,(H,23,27). The molecule has 0 spiro atoms. The molecule has 0 radical (unpaired) electrons. The van der Waals surface area contributed by atoms with Crippen molar-refractivity contribution in [3.8, 4) is 11.3 Å². The van der Waals surface area contributed by atoms with Crippen LogP contribution in [0.15, 0.2) is 61.1 Å². The molecule has 6 heteroatoms. The van der Waals surface area contributed by atoms with Gasteiger partial charge in [0.1, 0.15) is 11.7 Å². The van der Waals surface area contributed by atoms with E-state index in [1.807, 2.05) is 80.0 Å². The van der Waals surface area contributed by atoms with Gasteiger partial charge in [-0.3, -0.25) is 9.48 Å². The molecule has 1 N–H and O–H groups in total. The fourth-order valence-electron chi connectivity index (χ4n) is 3.12. The summed E-state index contributed by atoms with van der Waals surface area (Å²) in [6.07, 6.45) is 5.69. The highest BCUT2D eigenvalue weighted by molar-refractivity contribution is 5.94.